The Morgan fingerprint density at radius 1 is 1.12 bits per heavy atom. The largest absolute Gasteiger partial charge is 0.383 e. The fourth-order valence-corrected chi connectivity index (χ4v) is 4.11. The number of amides is 4. The van der Waals surface area contributed by atoms with Crippen molar-refractivity contribution in [3.63, 3.8) is 0 Å². The molecule has 1 aliphatic heterocycles. The Hall–Kier alpha value is -3.10. The molecule has 0 saturated carbocycles. The van der Waals surface area contributed by atoms with Gasteiger partial charge < -0.3 is 25.6 Å². The molecule has 1 aliphatic rings. The summed E-state index contributed by atoms with van der Waals surface area (Å²) in [5.41, 5.74) is 2.17. The molecule has 0 spiro atoms. The summed E-state index contributed by atoms with van der Waals surface area (Å²) in [6.07, 6.45) is 1.17. The number of anilines is 1. The van der Waals surface area contributed by atoms with Crippen molar-refractivity contribution < 1.29 is 19.1 Å². The molecule has 0 bridgehead atoms. The van der Waals surface area contributed by atoms with Crippen molar-refractivity contribution in [3.8, 4) is 0 Å². The molecule has 1 heterocycles. The molecule has 1 unspecified atom stereocenters. The summed E-state index contributed by atoms with van der Waals surface area (Å²) in [5.74, 6) is -0.653. The number of methoxy groups -OCH3 is 1. The van der Waals surface area contributed by atoms with Crippen LogP contribution in [0.25, 0.3) is 0 Å². The number of halogens is 1. The highest BCUT2D eigenvalue weighted by molar-refractivity contribution is 6.30. The monoisotopic (exact) mass is 486 g/mol. The number of hydrogen-bond acceptors (Lipinski definition) is 4. The van der Waals surface area contributed by atoms with Gasteiger partial charge in [0.1, 0.15) is 6.04 Å². The number of hydrogen-bond donors (Lipinski definition) is 3. The Bertz CT molecular complexity index is 991. The smallest absolute Gasteiger partial charge is 0.321 e. The van der Waals surface area contributed by atoms with Crippen molar-refractivity contribution in [3.05, 3.63) is 64.7 Å². The predicted molar refractivity (Wildman–Crippen MR) is 132 cm³/mol. The standard InChI is InChI=1S/C25H31ClN4O4/c1-17-6-8-19(9-7-17)23(31)29-22(24(32)27-12-15-34-2)18-10-13-30(14-11-18)25(33)28-21-5-3-4-20(26)16-21/h3-9,16,18,22H,10-15H2,1-2H3,(H,27,32)(H,28,33)(H,29,31). The third kappa shape index (κ3) is 7.20. The first kappa shape index (κ1) is 25.5. The Kier molecular flexibility index (Phi) is 9.30. The molecule has 9 heteroatoms. The van der Waals surface area contributed by atoms with E-state index in [0.29, 0.717) is 55.4 Å². The first-order valence-corrected chi connectivity index (χ1v) is 11.7. The van der Waals surface area contributed by atoms with Gasteiger partial charge in [-0.1, -0.05) is 35.4 Å². The highest BCUT2D eigenvalue weighted by Gasteiger charge is 2.34. The van der Waals surface area contributed by atoms with Crippen LogP contribution < -0.4 is 16.0 Å². The lowest BCUT2D eigenvalue weighted by Gasteiger charge is -2.35. The van der Waals surface area contributed by atoms with Gasteiger partial charge in [-0.25, -0.2) is 4.79 Å². The van der Waals surface area contributed by atoms with Gasteiger partial charge in [-0.15, -0.1) is 0 Å². The van der Waals surface area contributed by atoms with Gasteiger partial charge in [0.15, 0.2) is 0 Å². The molecule has 1 fully saturated rings. The number of carbonyl (C=O) groups excluding carboxylic acids is 3. The first-order chi connectivity index (χ1) is 16.4. The van der Waals surface area contributed by atoms with Crippen LogP contribution in [0.1, 0.15) is 28.8 Å². The molecular formula is C25H31ClN4O4. The second-order valence-electron chi connectivity index (χ2n) is 8.37. The van der Waals surface area contributed by atoms with E-state index in [1.807, 2.05) is 19.1 Å². The van der Waals surface area contributed by atoms with Crippen LogP contribution in [-0.2, 0) is 9.53 Å². The number of urea groups is 1. The third-order valence-electron chi connectivity index (χ3n) is 5.86. The Labute approximate surface area is 205 Å². The van der Waals surface area contributed by atoms with Crippen molar-refractivity contribution in [2.45, 2.75) is 25.8 Å². The van der Waals surface area contributed by atoms with E-state index >= 15 is 0 Å². The molecule has 0 radical (unpaired) electrons. The van der Waals surface area contributed by atoms with Crippen LogP contribution in [0.15, 0.2) is 48.5 Å². The lowest BCUT2D eigenvalue weighted by atomic mass is 9.88. The lowest BCUT2D eigenvalue weighted by molar-refractivity contribution is -0.124. The fraction of sp³-hybridized carbons (Fsp3) is 0.400. The third-order valence-corrected chi connectivity index (χ3v) is 6.10. The zero-order valence-electron chi connectivity index (χ0n) is 19.5. The minimum absolute atomic E-state index is 0.104. The molecule has 3 rings (SSSR count). The topological polar surface area (TPSA) is 99.8 Å². The number of carbonyl (C=O) groups is 3. The van der Waals surface area contributed by atoms with E-state index in [2.05, 4.69) is 16.0 Å². The van der Waals surface area contributed by atoms with Gasteiger partial charge in [-0.05, 0) is 56.0 Å². The van der Waals surface area contributed by atoms with Gasteiger partial charge in [-0.2, -0.15) is 0 Å². The van der Waals surface area contributed by atoms with Crippen LogP contribution in [0.3, 0.4) is 0 Å². The van der Waals surface area contributed by atoms with Crippen LogP contribution in [0.4, 0.5) is 10.5 Å². The lowest BCUT2D eigenvalue weighted by Crippen LogP contribution is -2.54. The summed E-state index contributed by atoms with van der Waals surface area (Å²) >= 11 is 5.99. The number of rotatable bonds is 8. The molecule has 1 atom stereocenters. The molecule has 0 aromatic heterocycles. The van der Waals surface area contributed by atoms with Crippen LogP contribution >= 0.6 is 11.6 Å². The summed E-state index contributed by atoms with van der Waals surface area (Å²) in [7, 11) is 1.56. The normalized spacial score (nSPS) is 14.9. The summed E-state index contributed by atoms with van der Waals surface area (Å²) in [5, 5.41) is 9.14. The molecule has 34 heavy (non-hydrogen) atoms. The van der Waals surface area contributed by atoms with Crippen molar-refractivity contribution in [1.82, 2.24) is 15.5 Å². The zero-order chi connectivity index (χ0) is 24.5. The van der Waals surface area contributed by atoms with Crippen molar-refractivity contribution in [1.29, 1.82) is 0 Å². The SMILES string of the molecule is COCCNC(=O)C(NC(=O)c1ccc(C)cc1)C1CCN(C(=O)Nc2cccc(Cl)c2)CC1. The predicted octanol–water partition coefficient (Wildman–Crippen LogP) is 3.45. The van der Waals surface area contributed by atoms with Gasteiger partial charge in [-0.3, -0.25) is 9.59 Å². The van der Waals surface area contributed by atoms with Crippen LogP contribution in [0, 0.1) is 12.8 Å². The molecular weight excluding hydrogens is 456 g/mol. The highest BCUT2D eigenvalue weighted by atomic mass is 35.5. The van der Waals surface area contributed by atoms with E-state index in [1.54, 1.807) is 48.4 Å². The van der Waals surface area contributed by atoms with Gasteiger partial charge in [0, 0.05) is 43.0 Å². The van der Waals surface area contributed by atoms with Gasteiger partial charge in [0.05, 0.1) is 6.61 Å². The second-order valence-corrected chi connectivity index (χ2v) is 8.80. The first-order valence-electron chi connectivity index (χ1n) is 11.3. The molecule has 1 saturated heterocycles. The Balaban J connectivity index is 1.62. The van der Waals surface area contributed by atoms with E-state index in [4.69, 9.17) is 16.3 Å². The molecule has 8 nitrogen and oxygen atoms in total. The summed E-state index contributed by atoms with van der Waals surface area (Å²) in [4.78, 5) is 40.2. The van der Waals surface area contributed by atoms with Crippen molar-refractivity contribution >= 4 is 35.1 Å². The zero-order valence-corrected chi connectivity index (χ0v) is 20.2. The minimum atomic E-state index is -0.705. The molecule has 3 N–H and O–H groups in total. The number of aryl methyl sites for hydroxylation is 1. The van der Waals surface area contributed by atoms with Crippen molar-refractivity contribution in [2.24, 2.45) is 5.92 Å². The molecule has 2 aromatic rings. The van der Waals surface area contributed by atoms with Gasteiger partial charge in [0.2, 0.25) is 5.91 Å². The van der Waals surface area contributed by atoms with E-state index < -0.39 is 6.04 Å². The molecule has 182 valence electrons. The number of nitrogens with one attached hydrogen (secondary N) is 3. The average Bonchev–Trinajstić information content (AvgIpc) is 2.83. The average molecular weight is 487 g/mol. The Morgan fingerprint density at radius 2 is 1.82 bits per heavy atom. The highest BCUT2D eigenvalue weighted by Crippen LogP contribution is 2.23. The fourth-order valence-electron chi connectivity index (χ4n) is 3.92. The molecule has 4 amide bonds. The van der Waals surface area contributed by atoms with Gasteiger partial charge >= 0.3 is 6.03 Å². The number of benzene rings is 2. The second kappa shape index (κ2) is 12.4. The molecule has 2 aromatic carbocycles. The van der Waals surface area contributed by atoms with E-state index in [9.17, 15) is 14.4 Å². The summed E-state index contributed by atoms with van der Waals surface area (Å²) in [6.45, 7) is 3.63. The molecule has 0 aliphatic carbocycles. The van der Waals surface area contributed by atoms with Crippen LogP contribution in [-0.4, -0.2) is 62.1 Å². The van der Waals surface area contributed by atoms with E-state index in [0.717, 1.165) is 5.56 Å². The van der Waals surface area contributed by atoms with Crippen LogP contribution in [0.5, 0.6) is 0 Å². The number of likely N-dealkylation sites (tertiary alicyclic amines) is 1. The van der Waals surface area contributed by atoms with Crippen LogP contribution in [0.2, 0.25) is 5.02 Å². The van der Waals surface area contributed by atoms with Crippen molar-refractivity contribution in [2.75, 3.05) is 38.7 Å². The maximum Gasteiger partial charge on any atom is 0.321 e. The number of ether oxygens (including phenoxy) is 1. The van der Waals surface area contributed by atoms with Gasteiger partial charge in [0.25, 0.3) is 5.91 Å². The number of piperidine rings is 1. The van der Waals surface area contributed by atoms with E-state index in [1.165, 1.54) is 0 Å². The summed E-state index contributed by atoms with van der Waals surface area (Å²) in [6, 6.07) is 13.3. The minimum Gasteiger partial charge on any atom is -0.383 e. The maximum atomic E-state index is 12.9. The van der Waals surface area contributed by atoms with E-state index in [-0.39, 0.29) is 23.8 Å². The quantitative estimate of drug-likeness (QED) is 0.497. The maximum absolute atomic E-state index is 12.9. The summed E-state index contributed by atoms with van der Waals surface area (Å²) < 4.78 is 5.01. The Morgan fingerprint density at radius 3 is 2.47 bits per heavy atom. The number of nitrogens with zero attached hydrogens (tertiary/aromatic N) is 1.